The summed E-state index contributed by atoms with van der Waals surface area (Å²) in [4.78, 5) is 4.65. The van der Waals surface area contributed by atoms with Crippen LogP contribution in [0.3, 0.4) is 0 Å². The van der Waals surface area contributed by atoms with Crippen molar-refractivity contribution in [1.82, 2.24) is 20.1 Å². The highest BCUT2D eigenvalue weighted by Crippen LogP contribution is 2.23. The lowest BCUT2D eigenvalue weighted by molar-refractivity contribution is 0.0101. The Morgan fingerprint density at radius 1 is 1.21 bits per heavy atom. The van der Waals surface area contributed by atoms with Gasteiger partial charge in [-0.05, 0) is 44.1 Å². The molecule has 0 saturated carbocycles. The maximum atomic E-state index is 10.7. The molecule has 1 fully saturated rings. The minimum absolute atomic E-state index is 0.459. The topological polar surface area (TPSA) is 84.2 Å². The number of anilines is 2. The zero-order valence-corrected chi connectivity index (χ0v) is 18.2. The number of pyridine rings is 1. The van der Waals surface area contributed by atoms with E-state index in [2.05, 4.69) is 40.4 Å². The molecule has 3 rings (SSSR count). The van der Waals surface area contributed by atoms with Crippen molar-refractivity contribution >= 4 is 19.7 Å². The van der Waals surface area contributed by atoms with Gasteiger partial charge in [-0.1, -0.05) is 25.7 Å². The molecule has 0 amide bonds. The normalized spacial score (nSPS) is 16.9. The Kier molecular flexibility index (Phi) is 6.87. The van der Waals surface area contributed by atoms with E-state index >= 15 is 0 Å². The van der Waals surface area contributed by atoms with Crippen LogP contribution in [0.2, 0.25) is 25.7 Å². The number of ether oxygens (including phenoxy) is 1. The van der Waals surface area contributed by atoms with Gasteiger partial charge in [0.25, 0.3) is 0 Å². The molecule has 1 saturated heterocycles. The summed E-state index contributed by atoms with van der Waals surface area (Å²) in [5.41, 5.74) is 0.231. The van der Waals surface area contributed by atoms with Gasteiger partial charge in [-0.15, -0.1) is 0 Å². The lowest BCUT2D eigenvalue weighted by atomic mass is 9.88. The average Bonchev–Trinajstić information content (AvgIpc) is 3.06. The summed E-state index contributed by atoms with van der Waals surface area (Å²) in [6.07, 6.45) is 3.99. The summed E-state index contributed by atoms with van der Waals surface area (Å²) < 4.78 is 7.52. The molecule has 1 aliphatic heterocycles. The van der Waals surface area contributed by atoms with Gasteiger partial charge in [0.15, 0.2) is 5.82 Å². The second-order valence-electron chi connectivity index (χ2n) is 8.88. The fourth-order valence-corrected chi connectivity index (χ4v) is 3.98. The Labute approximate surface area is 168 Å². The van der Waals surface area contributed by atoms with Crippen molar-refractivity contribution in [3.8, 4) is 0 Å². The molecule has 8 heteroatoms. The molecule has 0 atom stereocenters. The van der Waals surface area contributed by atoms with E-state index in [4.69, 9.17) is 4.74 Å². The van der Waals surface area contributed by atoms with Crippen LogP contribution in [0.15, 0.2) is 30.5 Å². The van der Waals surface area contributed by atoms with Crippen LogP contribution in [-0.4, -0.2) is 53.2 Å². The Balaban J connectivity index is 1.52. The number of nitrogens with zero attached hydrogens (tertiary/aromatic N) is 3. The zero-order chi connectivity index (χ0) is 20.0. The van der Waals surface area contributed by atoms with Crippen LogP contribution in [0.4, 0.5) is 11.6 Å². The molecule has 7 nitrogen and oxygen atoms in total. The smallest absolute Gasteiger partial charge is 0.153 e. The number of piperidine rings is 1. The van der Waals surface area contributed by atoms with Gasteiger partial charge in [0.05, 0.1) is 5.60 Å². The van der Waals surface area contributed by atoms with Crippen LogP contribution >= 0.6 is 0 Å². The summed E-state index contributed by atoms with van der Waals surface area (Å²) in [6, 6.07) is 8.91. The van der Waals surface area contributed by atoms with E-state index in [9.17, 15) is 5.11 Å². The first-order chi connectivity index (χ1) is 13.3. The lowest BCUT2D eigenvalue weighted by Gasteiger charge is -2.32. The van der Waals surface area contributed by atoms with Crippen LogP contribution in [-0.2, 0) is 17.9 Å². The number of aliphatic hydroxyl groups is 1. The molecule has 3 N–H and O–H groups in total. The van der Waals surface area contributed by atoms with E-state index in [1.165, 1.54) is 0 Å². The molecule has 3 heterocycles. The van der Waals surface area contributed by atoms with Crippen LogP contribution in [0.1, 0.15) is 18.5 Å². The van der Waals surface area contributed by atoms with E-state index in [-0.39, 0.29) is 0 Å². The molecule has 0 aromatic carbocycles. The molecular weight excluding hydrogens is 370 g/mol. The van der Waals surface area contributed by atoms with Gasteiger partial charge >= 0.3 is 0 Å². The molecular formula is C20H33N5O2Si. The second-order valence-corrected chi connectivity index (χ2v) is 14.5. The SMILES string of the molecule is C[Si](C)(C)CCOCn1ccc(Nc2cccc(CC3(O)CCNCC3)n2)n1. The third-order valence-corrected chi connectivity index (χ3v) is 6.67. The third-order valence-electron chi connectivity index (χ3n) is 4.97. The van der Waals surface area contributed by atoms with Gasteiger partial charge < -0.3 is 20.5 Å². The van der Waals surface area contributed by atoms with E-state index in [0.29, 0.717) is 13.2 Å². The number of aromatic nitrogens is 3. The first-order valence-corrected chi connectivity index (χ1v) is 13.8. The van der Waals surface area contributed by atoms with Crippen molar-refractivity contribution in [2.24, 2.45) is 0 Å². The van der Waals surface area contributed by atoms with E-state index in [1.807, 2.05) is 30.5 Å². The van der Waals surface area contributed by atoms with E-state index in [0.717, 1.165) is 55.9 Å². The van der Waals surface area contributed by atoms with Crippen molar-refractivity contribution in [3.05, 3.63) is 36.2 Å². The molecule has 0 bridgehead atoms. The number of hydrogen-bond donors (Lipinski definition) is 3. The highest BCUT2D eigenvalue weighted by Gasteiger charge is 2.29. The lowest BCUT2D eigenvalue weighted by Crippen LogP contribution is -2.43. The third kappa shape index (κ3) is 6.70. The van der Waals surface area contributed by atoms with Crippen molar-refractivity contribution in [2.45, 2.75) is 57.3 Å². The summed E-state index contributed by atoms with van der Waals surface area (Å²) in [5, 5.41) is 21.8. The summed E-state index contributed by atoms with van der Waals surface area (Å²) in [7, 11) is -1.07. The fraction of sp³-hybridized carbons (Fsp3) is 0.600. The van der Waals surface area contributed by atoms with Crippen molar-refractivity contribution in [3.63, 3.8) is 0 Å². The maximum Gasteiger partial charge on any atom is 0.153 e. The largest absolute Gasteiger partial charge is 0.389 e. The highest BCUT2D eigenvalue weighted by molar-refractivity contribution is 6.76. The Morgan fingerprint density at radius 3 is 2.75 bits per heavy atom. The second kappa shape index (κ2) is 9.17. The van der Waals surface area contributed by atoms with Crippen molar-refractivity contribution in [1.29, 1.82) is 0 Å². The quantitative estimate of drug-likeness (QED) is 0.441. The van der Waals surface area contributed by atoms with Gasteiger partial charge in [0.1, 0.15) is 12.5 Å². The van der Waals surface area contributed by atoms with Crippen molar-refractivity contribution < 1.29 is 9.84 Å². The van der Waals surface area contributed by atoms with Gasteiger partial charge in [-0.25, -0.2) is 9.67 Å². The summed E-state index contributed by atoms with van der Waals surface area (Å²) >= 11 is 0. The predicted octanol–water partition coefficient (Wildman–Crippen LogP) is 2.99. The number of nitrogens with one attached hydrogen (secondary N) is 2. The van der Waals surface area contributed by atoms with Crippen LogP contribution in [0, 0.1) is 0 Å². The molecule has 1 aliphatic rings. The Morgan fingerprint density at radius 2 is 2.00 bits per heavy atom. The average molecular weight is 404 g/mol. The molecule has 2 aromatic rings. The summed E-state index contributed by atoms with van der Waals surface area (Å²) in [5.74, 6) is 1.47. The first kappa shape index (κ1) is 21.0. The first-order valence-electron chi connectivity index (χ1n) is 10.1. The highest BCUT2D eigenvalue weighted by atomic mass is 28.3. The van der Waals surface area contributed by atoms with Crippen LogP contribution < -0.4 is 10.6 Å². The standard InChI is InChI=1S/C20H33N5O2Si/c1-28(2,3)14-13-27-16-25-12-7-19(24-25)23-18-6-4-5-17(22-18)15-20(26)8-10-21-11-9-20/h4-7,12,21,26H,8-11,13-16H2,1-3H3,(H,22,23,24). The molecule has 154 valence electrons. The zero-order valence-electron chi connectivity index (χ0n) is 17.2. The van der Waals surface area contributed by atoms with Crippen LogP contribution in [0.5, 0.6) is 0 Å². The van der Waals surface area contributed by atoms with Gasteiger partial charge in [-0.3, -0.25) is 0 Å². The van der Waals surface area contributed by atoms with Gasteiger partial charge in [0.2, 0.25) is 0 Å². The predicted molar refractivity (Wildman–Crippen MR) is 115 cm³/mol. The minimum atomic E-state index is -1.07. The fourth-order valence-electron chi connectivity index (χ4n) is 3.22. The number of hydrogen-bond acceptors (Lipinski definition) is 6. The molecule has 0 aliphatic carbocycles. The molecule has 0 radical (unpaired) electrons. The molecule has 28 heavy (non-hydrogen) atoms. The molecule has 2 aromatic heterocycles. The monoisotopic (exact) mass is 403 g/mol. The minimum Gasteiger partial charge on any atom is -0.389 e. The Hall–Kier alpha value is -1.74. The van der Waals surface area contributed by atoms with E-state index in [1.54, 1.807) is 4.68 Å². The molecule has 0 spiro atoms. The van der Waals surface area contributed by atoms with Gasteiger partial charge in [0, 0.05) is 39.1 Å². The summed E-state index contributed by atoms with van der Waals surface area (Å²) in [6.45, 7) is 9.98. The maximum absolute atomic E-state index is 10.7. The Bertz CT molecular complexity index is 753. The van der Waals surface area contributed by atoms with E-state index < -0.39 is 13.7 Å². The molecule has 0 unspecified atom stereocenters. The van der Waals surface area contributed by atoms with Gasteiger partial charge in [-0.2, -0.15) is 5.10 Å². The van der Waals surface area contributed by atoms with Crippen LogP contribution in [0.25, 0.3) is 0 Å². The number of rotatable bonds is 9. The van der Waals surface area contributed by atoms with Crippen molar-refractivity contribution in [2.75, 3.05) is 25.0 Å².